The van der Waals surface area contributed by atoms with E-state index < -0.39 is 17.3 Å². The fourth-order valence-electron chi connectivity index (χ4n) is 4.16. The molecule has 2 aromatic carbocycles. The van der Waals surface area contributed by atoms with Crippen molar-refractivity contribution in [2.75, 3.05) is 0 Å². The Morgan fingerprint density at radius 3 is 2.07 bits per heavy atom. The Labute approximate surface area is 166 Å². The van der Waals surface area contributed by atoms with Crippen LogP contribution >= 0.6 is 0 Å². The minimum atomic E-state index is -0.785. The lowest BCUT2D eigenvalue weighted by atomic mass is 9.76. The average molecular weight is 380 g/mol. The maximum atomic E-state index is 12.9. The van der Waals surface area contributed by atoms with E-state index in [1.807, 2.05) is 60.7 Å². The van der Waals surface area contributed by atoms with Gasteiger partial charge in [-0.1, -0.05) is 73.5 Å². The zero-order valence-corrected chi connectivity index (χ0v) is 16.2. The summed E-state index contributed by atoms with van der Waals surface area (Å²) in [6.45, 7) is 0.224. The number of carbonyl (C=O) groups excluding carboxylic acids is 1. The largest absolute Gasteiger partial charge is 0.481 e. The molecular weight excluding hydrogens is 352 g/mol. The summed E-state index contributed by atoms with van der Waals surface area (Å²) in [5.41, 5.74) is 1.30. The SMILES string of the molecule is O=C(OCc1ccccc1)[C@@H](CCc1ccccc1)CC1(C(=O)O)CCCC1. The molecule has 1 fully saturated rings. The Kier molecular flexibility index (Phi) is 6.85. The number of carbonyl (C=O) groups is 2. The summed E-state index contributed by atoms with van der Waals surface area (Å²) in [4.78, 5) is 24.9. The number of hydrogen-bond donors (Lipinski definition) is 1. The first kappa shape index (κ1) is 20.1. The van der Waals surface area contributed by atoms with Crippen molar-refractivity contribution >= 4 is 11.9 Å². The number of rotatable bonds is 9. The maximum absolute atomic E-state index is 12.9. The van der Waals surface area contributed by atoms with Gasteiger partial charge in [-0.2, -0.15) is 0 Å². The van der Waals surface area contributed by atoms with Crippen molar-refractivity contribution in [2.24, 2.45) is 11.3 Å². The number of carboxylic acid groups (broad SMARTS) is 1. The van der Waals surface area contributed by atoms with Gasteiger partial charge in [0.1, 0.15) is 6.61 Å². The lowest BCUT2D eigenvalue weighted by Gasteiger charge is -2.28. The molecule has 0 spiro atoms. The quantitative estimate of drug-likeness (QED) is 0.621. The highest BCUT2D eigenvalue weighted by molar-refractivity contribution is 5.78. The van der Waals surface area contributed by atoms with Crippen molar-refractivity contribution in [3.63, 3.8) is 0 Å². The van der Waals surface area contributed by atoms with Crippen LogP contribution in [0.15, 0.2) is 60.7 Å². The van der Waals surface area contributed by atoms with Crippen molar-refractivity contribution in [1.29, 1.82) is 0 Å². The van der Waals surface area contributed by atoms with Crippen molar-refractivity contribution in [3.8, 4) is 0 Å². The summed E-state index contributed by atoms with van der Waals surface area (Å²) >= 11 is 0. The van der Waals surface area contributed by atoms with E-state index in [0.717, 1.165) is 30.4 Å². The molecule has 3 rings (SSSR count). The molecule has 0 saturated heterocycles. The lowest BCUT2D eigenvalue weighted by molar-refractivity contribution is -0.155. The van der Waals surface area contributed by atoms with Crippen LogP contribution in [0.4, 0.5) is 0 Å². The molecule has 148 valence electrons. The van der Waals surface area contributed by atoms with Crippen molar-refractivity contribution in [1.82, 2.24) is 0 Å². The molecule has 0 radical (unpaired) electrons. The topological polar surface area (TPSA) is 63.6 Å². The number of hydrogen-bond acceptors (Lipinski definition) is 3. The summed E-state index contributed by atoms with van der Waals surface area (Å²) in [6.07, 6.45) is 4.83. The Morgan fingerprint density at radius 2 is 1.50 bits per heavy atom. The van der Waals surface area contributed by atoms with E-state index in [0.29, 0.717) is 25.7 Å². The van der Waals surface area contributed by atoms with E-state index in [2.05, 4.69) is 0 Å². The van der Waals surface area contributed by atoms with Gasteiger partial charge in [0.05, 0.1) is 11.3 Å². The summed E-state index contributed by atoms with van der Waals surface area (Å²) in [7, 11) is 0. The van der Waals surface area contributed by atoms with Crippen LogP contribution in [0, 0.1) is 11.3 Å². The minimum absolute atomic E-state index is 0.224. The van der Waals surface area contributed by atoms with Gasteiger partial charge in [0.25, 0.3) is 0 Å². The van der Waals surface area contributed by atoms with Gasteiger partial charge in [0.15, 0.2) is 0 Å². The van der Waals surface area contributed by atoms with E-state index in [9.17, 15) is 14.7 Å². The third-order valence-electron chi connectivity index (χ3n) is 5.83. The highest BCUT2D eigenvalue weighted by Crippen LogP contribution is 2.44. The second kappa shape index (κ2) is 9.54. The molecule has 0 aliphatic heterocycles. The van der Waals surface area contributed by atoms with E-state index in [-0.39, 0.29) is 12.6 Å². The second-order valence-electron chi connectivity index (χ2n) is 7.81. The van der Waals surface area contributed by atoms with Gasteiger partial charge in [0.2, 0.25) is 0 Å². The Hall–Kier alpha value is -2.62. The molecule has 4 heteroatoms. The molecule has 1 N–H and O–H groups in total. The van der Waals surface area contributed by atoms with Crippen LogP contribution in [0.25, 0.3) is 0 Å². The van der Waals surface area contributed by atoms with E-state index in [1.54, 1.807) is 0 Å². The molecule has 1 aliphatic carbocycles. The van der Waals surface area contributed by atoms with Crippen LogP contribution in [0.5, 0.6) is 0 Å². The monoisotopic (exact) mass is 380 g/mol. The number of esters is 1. The van der Waals surface area contributed by atoms with Gasteiger partial charge in [-0.05, 0) is 43.2 Å². The standard InChI is InChI=1S/C24H28O4/c25-22(28-18-20-11-5-2-6-12-20)21(14-13-19-9-3-1-4-10-19)17-24(23(26)27)15-7-8-16-24/h1-6,9-12,21H,7-8,13-18H2,(H,26,27)/t21-/m0/s1. The lowest BCUT2D eigenvalue weighted by Crippen LogP contribution is -2.33. The Bertz CT molecular complexity index is 764. The number of aryl methyl sites for hydroxylation is 1. The van der Waals surface area contributed by atoms with Gasteiger partial charge >= 0.3 is 11.9 Å². The molecular formula is C24H28O4. The molecule has 4 nitrogen and oxygen atoms in total. The zero-order chi connectivity index (χ0) is 19.8. The van der Waals surface area contributed by atoms with Gasteiger partial charge in [-0.3, -0.25) is 9.59 Å². The molecule has 1 aliphatic rings. The molecule has 0 unspecified atom stereocenters. The van der Waals surface area contributed by atoms with Crippen LogP contribution < -0.4 is 0 Å². The fourth-order valence-corrected chi connectivity index (χ4v) is 4.16. The third kappa shape index (κ3) is 5.22. The summed E-state index contributed by atoms with van der Waals surface area (Å²) in [6, 6.07) is 19.6. The fraction of sp³-hybridized carbons (Fsp3) is 0.417. The summed E-state index contributed by atoms with van der Waals surface area (Å²) in [5, 5.41) is 9.84. The first-order valence-electron chi connectivity index (χ1n) is 10.1. The number of benzene rings is 2. The first-order chi connectivity index (χ1) is 13.6. The van der Waals surface area contributed by atoms with E-state index >= 15 is 0 Å². The van der Waals surface area contributed by atoms with Gasteiger partial charge in [-0.25, -0.2) is 0 Å². The van der Waals surface area contributed by atoms with Crippen LogP contribution in [-0.2, 0) is 27.4 Å². The van der Waals surface area contributed by atoms with Crippen LogP contribution in [0.1, 0.15) is 49.7 Å². The Morgan fingerprint density at radius 1 is 0.929 bits per heavy atom. The maximum Gasteiger partial charge on any atom is 0.309 e. The molecule has 2 aromatic rings. The highest BCUT2D eigenvalue weighted by atomic mass is 16.5. The van der Waals surface area contributed by atoms with Gasteiger partial charge in [0, 0.05) is 0 Å². The second-order valence-corrected chi connectivity index (χ2v) is 7.81. The molecule has 1 saturated carbocycles. The highest BCUT2D eigenvalue weighted by Gasteiger charge is 2.44. The number of aliphatic carboxylic acids is 1. The minimum Gasteiger partial charge on any atom is -0.481 e. The van der Waals surface area contributed by atoms with Gasteiger partial charge < -0.3 is 9.84 Å². The molecule has 1 atom stereocenters. The zero-order valence-electron chi connectivity index (χ0n) is 16.2. The number of ether oxygens (including phenoxy) is 1. The molecule has 28 heavy (non-hydrogen) atoms. The van der Waals surface area contributed by atoms with Crippen molar-refractivity contribution in [2.45, 2.75) is 51.6 Å². The average Bonchev–Trinajstić information content (AvgIpc) is 3.21. The number of carboxylic acids is 1. The van der Waals surface area contributed by atoms with Crippen LogP contribution in [0.2, 0.25) is 0 Å². The third-order valence-corrected chi connectivity index (χ3v) is 5.83. The predicted molar refractivity (Wildman–Crippen MR) is 108 cm³/mol. The first-order valence-corrected chi connectivity index (χ1v) is 10.1. The molecule has 0 amide bonds. The van der Waals surface area contributed by atoms with Crippen LogP contribution in [0.3, 0.4) is 0 Å². The van der Waals surface area contributed by atoms with Crippen molar-refractivity contribution < 1.29 is 19.4 Å². The van der Waals surface area contributed by atoms with Crippen LogP contribution in [-0.4, -0.2) is 17.0 Å². The smallest absolute Gasteiger partial charge is 0.309 e. The normalized spacial score (nSPS) is 16.4. The summed E-state index contributed by atoms with van der Waals surface area (Å²) in [5.74, 6) is -1.46. The van der Waals surface area contributed by atoms with E-state index in [4.69, 9.17) is 4.74 Å². The molecule has 0 bridgehead atoms. The molecule has 0 aromatic heterocycles. The van der Waals surface area contributed by atoms with Gasteiger partial charge in [-0.15, -0.1) is 0 Å². The van der Waals surface area contributed by atoms with Crippen molar-refractivity contribution in [3.05, 3.63) is 71.8 Å². The van der Waals surface area contributed by atoms with E-state index in [1.165, 1.54) is 0 Å². The summed E-state index contributed by atoms with van der Waals surface area (Å²) < 4.78 is 5.58. The predicted octanol–water partition coefficient (Wildman–Crippen LogP) is 5.01. The molecule has 0 heterocycles. The Balaban J connectivity index is 1.69.